The van der Waals surface area contributed by atoms with Crippen LogP contribution in [0, 0.1) is 0 Å². The van der Waals surface area contributed by atoms with Crippen LogP contribution in [-0.4, -0.2) is 143 Å². The summed E-state index contributed by atoms with van der Waals surface area (Å²) in [6.07, 6.45) is 3.40. The first-order valence-electron chi connectivity index (χ1n) is 24.4. The van der Waals surface area contributed by atoms with E-state index in [1.807, 2.05) is 18.2 Å². The number of phenols is 1. The van der Waals surface area contributed by atoms with Crippen molar-refractivity contribution in [2.24, 2.45) is 11.5 Å². The average molecular weight is 956 g/mol. The number of aromatic hydroxyl groups is 1. The first-order chi connectivity index (χ1) is 33.2. The molecule has 2 unspecified atom stereocenters. The molecular weight excluding hydrogens is 887 g/mol. The molecule has 19 nitrogen and oxygen atoms in total. The van der Waals surface area contributed by atoms with Crippen molar-refractivity contribution in [1.29, 1.82) is 0 Å². The molecule has 3 aromatic rings. The predicted molar refractivity (Wildman–Crippen MR) is 257 cm³/mol. The number of phenolic OH excluding ortho intramolecular Hbond substituents is 1. The van der Waals surface area contributed by atoms with Gasteiger partial charge in [0.15, 0.2) is 0 Å². The smallest absolute Gasteiger partial charge is 0.251 e. The number of nitrogens with one attached hydrogen (secondary N) is 5. The van der Waals surface area contributed by atoms with Gasteiger partial charge in [-0.2, -0.15) is 0 Å². The van der Waals surface area contributed by atoms with Gasteiger partial charge in [0, 0.05) is 31.2 Å². The first-order valence-corrected chi connectivity index (χ1v) is 24.4. The Bertz CT molecular complexity index is 2290. The molecule has 11 N–H and O–H groups in total. The number of nitrogens with two attached hydrogens (primary N) is 2. The minimum Gasteiger partial charge on any atom is -0.508 e. The zero-order valence-electron chi connectivity index (χ0n) is 39.6. The number of ether oxygens (including phenoxy) is 1. The van der Waals surface area contributed by atoms with Gasteiger partial charge in [-0.1, -0.05) is 44.0 Å². The van der Waals surface area contributed by atoms with E-state index in [2.05, 4.69) is 33.5 Å². The Hall–Kier alpha value is -6.31. The number of aryl methyl sites for hydroxylation is 1. The molecule has 374 valence electrons. The fourth-order valence-electron chi connectivity index (χ4n) is 9.19. The number of hydrogen-bond donors (Lipinski definition) is 9. The summed E-state index contributed by atoms with van der Waals surface area (Å²) in [7, 11) is 0. The Morgan fingerprint density at radius 1 is 0.812 bits per heavy atom. The van der Waals surface area contributed by atoms with Crippen LogP contribution in [0.3, 0.4) is 0 Å². The number of nitrogens with zero attached hydrogens (tertiary/aromatic N) is 2. The fraction of sp³-hybridized carbons (Fsp3) is 0.540. The highest BCUT2D eigenvalue weighted by Gasteiger charge is 2.43. The molecule has 0 aliphatic carbocycles. The predicted octanol–water partition coefficient (Wildman–Crippen LogP) is 1.25. The first kappa shape index (κ1) is 52.1. The van der Waals surface area contributed by atoms with E-state index in [0.717, 1.165) is 35.6 Å². The van der Waals surface area contributed by atoms with Gasteiger partial charge in [-0.3, -0.25) is 33.6 Å². The van der Waals surface area contributed by atoms with Crippen LogP contribution in [0.2, 0.25) is 0 Å². The van der Waals surface area contributed by atoms with E-state index in [1.165, 1.54) is 28.9 Å². The molecule has 6 rings (SSSR count). The minimum atomic E-state index is -1.53. The number of carbonyl (C=O) groups is 7. The van der Waals surface area contributed by atoms with Crippen LogP contribution in [0.5, 0.6) is 11.5 Å². The van der Waals surface area contributed by atoms with E-state index in [0.29, 0.717) is 25.2 Å². The van der Waals surface area contributed by atoms with Gasteiger partial charge in [0.25, 0.3) is 5.91 Å². The van der Waals surface area contributed by atoms with Crippen molar-refractivity contribution in [3.05, 3.63) is 71.8 Å². The molecule has 3 saturated heterocycles. The molecule has 3 aliphatic heterocycles. The van der Waals surface area contributed by atoms with E-state index >= 15 is 0 Å². The lowest BCUT2D eigenvalue weighted by molar-refractivity contribution is -0.144. The molecule has 3 aromatic carbocycles. The van der Waals surface area contributed by atoms with E-state index < -0.39 is 89.7 Å². The third kappa shape index (κ3) is 13.9. The largest absolute Gasteiger partial charge is 0.508 e. The topological polar surface area (TPSA) is 288 Å². The third-order valence-corrected chi connectivity index (χ3v) is 13.1. The number of benzene rings is 3. The van der Waals surface area contributed by atoms with Gasteiger partial charge in [-0.05, 0) is 130 Å². The normalized spacial score (nSPS) is 24.9. The van der Waals surface area contributed by atoms with Crippen molar-refractivity contribution < 1.29 is 48.5 Å². The van der Waals surface area contributed by atoms with Crippen LogP contribution in [0.4, 0.5) is 0 Å². The number of rotatable bonds is 14. The Kier molecular flexibility index (Phi) is 18.7. The summed E-state index contributed by atoms with van der Waals surface area (Å²) >= 11 is 0. The summed E-state index contributed by atoms with van der Waals surface area (Å²) in [5.41, 5.74) is 13.2. The number of aliphatic hydroxyl groups is 1. The molecule has 0 aromatic heterocycles. The monoisotopic (exact) mass is 956 g/mol. The minimum absolute atomic E-state index is 0.00875. The Morgan fingerprint density at radius 2 is 1.55 bits per heavy atom. The van der Waals surface area contributed by atoms with E-state index in [4.69, 9.17) is 16.2 Å². The molecular formula is C50H69N9O10. The van der Waals surface area contributed by atoms with E-state index in [9.17, 15) is 43.8 Å². The summed E-state index contributed by atoms with van der Waals surface area (Å²) in [4.78, 5) is 102. The van der Waals surface area contributed by atoms with Crippen molar-refractivity contribution in [3.8, 4) is 11.5 Å². The molecule has 0 spiro atoms. The molecule has 7 amide bonds. The van der Waals surface area contributed by atoms with Crippen LogP contribution < -0.4 is 42.8 Å². The standard InChI is InChI=1S/C50H69N9O10/c1-3-4-5-25-69-37-20-17-32-26-34(16-15-33(32)27-37)44(62)54-38-10-7-23-53-47(65)42-28-35(52)29-59(42)49(67)40(9-6-22-51)56-45(63)39(21-14-31-12-18-36(61)19-13-31)55-48(66)41-11-8-24-58(41)50(68)43(30(2)60)57-46(38)64/h12-13,15-20,26-27,30,35,38-43,60-61H,3-11,14,21-25,28-29,51-52H2,1-2H3,(H,53,65)(H,54,62)(H,55,66)(H,56,63)(H,57,64)/t30?,35?,38-,39-,40-,41-,42-,43-/m0/s1. The third-order valence-electron chi connectivity index (χ3n) is 13.1. The second-order valence-corrected chi connectivity index (χ2v) is 18.4. The highest BCUT2D eigenvalue weighted by Crippen LogP contribution is 2.25. The van der Waals surface area contributed by atoms with Crippen molar-refractivity contribution in [1.82, 2.24) is 36.4 Å². The van der Waals surface area contributed by atoms with Gasteiger partial charge in [0.2, 0.25) is 35.4 Å². The molecule has 3 aliphatic rings. The van der Waals surface area contributed by atoms with E-state index in [-0.39, 0.29) is 82.4 Å². The zero-order chi connectivity index (χ0) is 49.6. The Labute approximate surface area is 402 Å². The van der Waals surface area contributed by atoms with Gasteiger partial charge < -0.3 is 62.8 Å². The zero-order valence-corrected chi connectivity index (χ0v) is 39.6. The summed E-state index contributed by atoms with van der Waals surface area (Å²) in [5, 5.41) is 36.4. The van der Waals surface area contributed by atoms with Gasteiger partial charge in [-0.25, -0.2) is 0 Å². The highest BCUT2D eigenvalue weighted by atomic mass is 16.5. The highest BCUT2D eigenvalue weighted by molar-refractivity contribution is 6.02. The van der Waals surface area contributed by atoms with Crippen LogP contribution >= 0.6 is 0 Å². The molecule has 0 saturated carbocycles. The lowest BCUT2D eigenvalue weighted by Gasteiger charge is -2.32. The van der Waals surface area contributed by atoms with Crippen LogP contribution in [0.15, 0.2) is 60.7 Å². The number of carbonyl (C=O) groups excluding carboxylic acids is 7. The molecule has 0 radical (unpaired) electrons. The number of aliphatic hydroxyl groups excluding tert-OH is 1. The quantitative estimate of drug-likeness (QED) is 0.103. The maximum Gasteiger partial charge on any atom is 0.251 e. The second-order valence-electron chi connectivity index (χ2n) is 18.4. The summed E-state index contributed by atoms with van der Waals surface area (Å²) in [6, 6.07) is 9.32. The van der Waals surface area contributed by atoms with Crippen molar-refractivity contribution >= 4 is 52.1 Å². The second kappa shape index (κ2) is 24.8. The maximum atomic E-state index is 14.4. The number of unbranched alkanes of at least 4 members (excludes halogenated alkanes) is 2. The SMILES string of the molecule is CCCCCOc1ccc2cc(C(=O)N[C@H]3CCCNC(=O)[C@@H]4CC(N)CN4C(=O)[C@H](CCCN)NC(=O)[C@H](CCc4ccc(O)cc4)NC(=O)[C@@H]4CCCN4C(=O)[C@H](C(C)O)NC3=O)ccc2c1. The molecule has 8 atom stereocenters. The number of hydrogen-bond acceptors (Lipinski definition) is 12. The number of amides is 7. The summed E-state index contributed by atoms with van der Waals surface area (Å²) < 4.78 is 5.91. The molecule has 19 heteroatoms. The van der Waals surface area contributed by atoms with E-state index in [1.54, 1.807) is 30.3 Å². The molecule has 69 heavy (non-hydrogen) atoms. The number of fused-ring (bicyclic) bond motifs is 3. The Morgan fingerprint density at radius 3 is 2.29 bits per heavy atom. The van der Waals surface area contributed by atoms with Crippen LogP contribution in [0.1, 0.15) is 100 Å². The summed E-state index contributed by atoms with van der Waals surface area (Å²) in [6.45, 7) is 4.44. The lowest BCUT2D eigenvalue weighted by Crippen LogP contribution is -2.61. The van der Waals surface area contributed by atoms with Gasteiger partial charge in [0.1, 0.15) is 47.8 Å². The molecule has 3 heterocycles. The maximum absolute atomic E-state index is 14.4. The molecule has 3 fully saturated rings. The van der Waals surface area contributed by atoms with Crippen LogP contribution in [-0.2, 0) is 35.2 Å². The Balaban J connectivity index is 1.28. The van der Waals surface area contributed by atoms with Gasteiger partial charge >= 0.3 is 0 Å². The van der Waals surface area contributed by atoms with Gasteiger partial charge in [-0.15, -0.1) is 0 Å². The van der Waals surface area contributed by atoms with Crippen molar-refractivity contribution in [2.45, 2.75) is 139 Å². The van der Waals surface area contributed by atoms with Crippen LogP contribution in [0.25, 0.3) is 10.8 Å². The van der Waals surface area contributed by atoms with Crippen molar-refractivity contribution in [2.75, 3.05) is 32.8 Å². The molecule has 0 bridgehead atoms. The van der Waals surface area contributed by atoms with Gasteiger partial charge in [0.05, 0.1) is 12.7 Å². The lowest BCUT2D eigenvalue weighted by atomic mass is 10.0. The fourth-order valence-corrected chi connectivity index (χ4v) is 9.19. The summed E-state index contributed by atoms with van der Waals surface area (Å²) in [5.74, 6) is -3.71. The van der Waals surface area contributed by atoms with Crippen molar-refractivity contribution in [3.63, 3.8) is 0 Å². The average Bonchev–Trinajstić information content (AvgIpc) is 4.00.